The molecule has 0 aliphatic rings. The predicted molar refractivity (Wildman–Crippen MR) is 541 cm³/mol. The van der Waals surface area contributed by atoms with Gasteiger partial charge in [-0.25, -0.2) is 0 Å². The normalized spacial score (nSPS) is 12.1. The fourth-order valence-corrected chi connectivity index (χ4v) is 21.6. The number of benzene rings is 19. The van der Waals surface area contributed by atoms with Gasteiger partial charge < -0.3 is 32.0 Å². The van der Waals surface area contributed by atoms with Gasteiger partial charge in [0.2, 0.25) is 0 Å². The van der Waals surface area contributed by atoms with Crippen molar-refractivity contribution in [2.24, 2.45) is 0 Å². The van der Waals surface area contributed by atoms with E-state index in [1.165, 1.54) is 109 Å². The fourth-order valence-electron chi connectivity index (χ4n) is 21.6. The summed E-state index contributed by atoms with van der Waals surface area (Å²) in [5, 5.41) is 15.7. The average molecular weight is 1630 g/mol. The van der Waals surface area contributed by atoms with E-state index in [9.17, 15) is 0 Å². The molecule has 7 heterocycles. The quantitative estimate of drug-likeness (QED) is 0.104. The van der Waals surface area contributed by atoms with E-state index < -0.39 is 0 Å². The fraction of sp³-hybridized carbons (Fsp3) is 0.00826. The lowest BCUT2D eigenvalue weighted by molar-refractivity contribution is 1.11. The monoisotopic (exact) mass is 1630 g/mol. The van der Waals surface area contributed by atoms with Gasteiger partial charge in [0.25, 0.3) is 0 Å². The summed E-state index contributed by atoms with van der Waals surface area (Å²) in [7, 11) is 0. The van der Waals surface area contributed by atoms with Gasteiger partial charge in [-0.05, 0) is 209 Å². The molecule has 0 spiro atoms. The van der Waals surface area contributed by atoms with E-state index in [0.717, 1.165) is 140 Å². The molecule has 26 aromatic rings. The Balaban J connectivity index is 0.625. The first-order valence-electron chi connectivity index (χ1n) is 44.1. The Kier molecular flexibility index (Phi) is 16.3. The second-order valence-electron chi connectivity index (χ2n) is 33.8. The molecule has 0 bridgehead atoms. The van der Waals surface area contributed by atoms with Gasteiger partial charge in [0.1, 0.15) is 0 Å². The third kappa shape index (κ3) is 10.9. The summed E-state index contributed by atoms with van der Waals surface area (Å²) < 4.78 is 17.1. The summed E-state index contributed by atoms with van der Waals surface area (Å²) in [6, 6.07) is 160. The molecule has 0 radical (unpaired) electrons. The van der Waals surface area contributed by atoms with Crippen LogP contribution in [0.3, 0.4) is 0 Å². The van der Waals surface area contributed by atoms with Crippen molar-refractivity contribution in [1.29, 1.82) is 0 Å². The van der Waals surface area contributed by atoms with Crippen molar-refractivity contribution in [3.8, 4) is 95.4 Å². The van der Waals surface area contributed by atoms with Crippen LogP contribution in [-0.4, -0.2) is 32.0 Å². The molecule has 7 nitrogen and oxygen atoms in total. The van der Waals surface area contributed by atoms with Crippen molar-refractivity contribution in [1.82, 2.24) is 32.0 Å². The van der Waals surface area contributed by atoms with Crippen LogP contribution in [-0.2, 0) is 0 Å². The Labute approximate surface area is 737 Å². The van der Waals surface area contributed by atoms with Crippen LogP contribution in [0.2, 0.25) is 0 Å². The number of allylic oxidation sites excluding steroid dienone is 1. The molecule has 128 heavy (non-hydrogen) atoms. The van der Waals surface area contributed by atoms with Crippen LogP contribution in [0.1, 0.15) is 18.2 Å². The number of rotatable bonds is 14. The zero-order valence-electron chi connectivity index (χ0n) is 70.1. The Morgan fingerprint density at radius 2 is 0.516 bits per heavy atom. The highest BCUT2D eigenvalue weighted by molar-refractivity contribution is 6.20. The molecule has 0 N–H and O–H groups in total. The Morgan fingerprint density at radius 1 is 0.188 bits per heavy atom. The van der Waals surface area contributed by atoms with Crippen molar-refractivity contribution in [3.05, 3.63) is 455 Å². The van der Waals surface area contributed by atoms with Crippen molar-refractivity contribution < 1.29 is 0 Å². The minimum Gasteiger partial charge on any atom is -0.309 e. The molecule has 0 unspecified atom stereocenters. The van der Waals surface area contributed by atoms with E-state index in [0.29, 0.717) is 0 Å². The smallest absolute Gasteiger partial charge is 0.0547 e. The summed E-state index contributed by atoms with van der Waals surface area (Å²) in [6.45, 7) is 6.38. The summed E-state index contributed by atoms with van der Waals surface area (Å²) >= 11 is 0. The van der Waals surface area contributed by atoms with E-state index in [2.05, 4.69) is 488 Å². The third-order valence-electron chi connectivity index (χ3n) is 27.1. The van der Waals surface area contributed by atoms with Gasteiger partial charge in [-0.1, -0.05) is 298 Å². The molecule has 26 rings (SSSR count). The van der Waals surface area contributed by atoms with Gasteiger partial charge in [0.05, 0.1) is 88.8 Å². The van der Waals surface area contributed by atoms with Gasteiger partial charge in [0, 0.05) is 115 Å². The predicted octanol–water partition coefficient (Wildman–Crippen LogP) is 32.2. The number of hydrogen-bond acceptors (Lipinski definition) is 0. The second kappa shape index (κ2) is 28.8. The molecule has 0 aliphatic carbocycles. The highest BCUT2D eigenvalue weighted by atomic mass is 15.0. The summed E-state index contributed by atoms with van der Waals surface area (Å²) in [6.07, 6.45) is 6.28. The number of aromatic nitrogens is 7. The summed E-state index contributed by atoms with van der Waals surface area (Å²) in [5.41, 5.74) is 36.2. The number of hydrogen-bond donors (Lipinski definition) is 0. The van der Waals surface area contributed by atoms with Crippen LogP contribution < -0.4 is 0 Å². The molecule has 0 atom stereocenters. The second-order valence-corrected chi connectivity index (χ2v) is 33.8. The molecule has 19 aromatic carbocycles. The number of para-hydroxylation sites is 10. The first kappa shape index (κ1) is 72.6. The van der Waals surface area contributed by atoms with E-state index in [4.69, 9.17) is 0 Å². The van der Waals surface area contributed by atoms with Crippen molar-refractivity contribution in [2.75, 3.05) is 0 Å². The zero-order valence-corrected chi connectivity index (χ0v) is 70.1. The largest absolute Gasteiger partial charge is 0.309 e. The number of fused-ring (bicyclic) bond motifs is 19. The van der Waals surface area contributed by atoms with Crippen molar-refractivity contribution in [3.63, 3.8) is 0 Å². The molecular formula is C121H79N7. The van der Waals surface area contributed by atoms with Crippen LogP contribution >= 0.6 is 0 Å². The van der Waals surface area contributed by atoms with Crippen LogP contribution in [0.15, 0.2) is 443 Å². The first-order chi connectivity index (χ1) is 63.5. The van der Waals surface area contributed by atoms with E-state index in [-0.39, 0.29) is 0 Å². The van der Waals surface area contributed by atoms with E-state index in [1.807, 2.05) is 6.08 Å². The standard InChI is InChI=1S/C121H79N7/c1-3-28-91-92-31-5-18-46-108(92)125(104(91)4-2)86-30-25-29-80(73-86)77-55-63-85(64-56-77)124-107-45-17-10-38-99(107)100-71-62-82(75-119(100)124)90-42-27-54-117-121(90)102-40-14-24-52-114(102)128(117)118-74-81(61-70-88(118)78-57-65-83(66-58-78)122-105-43-15-6-32-93(105)94-33-7-16-44-106(94)122)89-41-26-53-116-120(89)101-39-13-23-51-113(101)123(116)84-67-59-79(60-68-84)103-76-87(126-109-47-19-8-34-95(109)96-35-9-20-48-110(96)126)69-72-115(103)127-111-49-21-11-36-97(111)98-37-12-22-50-112(98)127/h3-76H,2H2,1H3/b28-3-. The lowest BCUT2D eigenvalue weighted by atomic mass is 9.95. The lowest BCUT2D eigenvalue weighted by Crippen LogP contribution is -2.01. The van der Waals surface area contributed by atoms with E-state index in [1.54, 1.807) is 0 Å². The summed E-state index contributed by atoms with van der Waals surface area (Å²) in [5.74, 6) is 0. The van der Waals surface area contributed by atoms with Crippen molar-refractivity contribution >= 4 is 154 Å². The summed E-state index contributed by atoms with van der Waals surface area (Å²) in [4.78, 5) is 0. The highest BCUT2D eigenvalue weighted by Gasteiger charge is 2.27. The molecule has 7 aromatic heterocycles. The Bertz CT molecular complexity index is 9000. The SMILES string of the molecule is C=Cc1c(/C=C\C)c2ccccc2n1-c1cccc(-c2ccc(-n3c4ccccc4c4ccc(-c5cccc6c5c5ccccc5n6-c5cc(-c6cccc7c6c6ccccc6n7-c6ccc(-c7cc(-n8c9ccccc9c9ccccc98)ccc7-n7c8ccccc8c8ccccc87)cc6)ccc5-c5ccc(-n6c7ccccc7c7ccccc76)cc5)cc43)cc2)c1. The minimum atomic E-state index is 1.08. The van der Waals surface area contributed by atoms with Crippen LogP contribution in [0.25, 0.3) is 249 Å². The van der Waals surface area contributed by atoms with Gasteiger partial charge in [0.15, 0.2) is 0 Å². The Morgan fingerprint density at radius 3 is 1.00 bits per heavy atom. The van der Waals surface area contributed by atoms with Crippen LogP contribution in [0, 0.1) is 0 Å². The van der Waals surface area contributed by atoms with Gasteiger partial charge in [-0.15, -0.1) is 0 Å². The lowest BCUT2D eigenvalue weighted by Gasteiger charge is -2.18. The Hall–Kier alpha value is -17.0. The molecule has 598 valence electrons. The average Bonchev–Trinajstić information content (AvgIpc) is 1.55. The first-order valence-corrected chi connectivity index (χ1v) is 44.1. The molecule has 0 saturated carbocycles. The van der Waals surface area contributed by atoms with Crippen LogP contribution in [0.5, 0.6) is 0 Å². The van der Waals surface area contributed by atoms with Crippen molar-refractivity contribution in [2.45, 2.75) is 6.92 Å². The third-order valence-corrected chi connectivity index (χ3v) is 27.1. The molecular weight excluding hydrogens is 1550 g/mol. The molecule has 7 heteroatoms. The maximum atomic E-state index is 4.31. The molecule has 0 aliphatic heterocycles. The van der Waals surface area contributed by atoms with Gasteiger partial charge in [-0.3, -0.25) is 0 Å². The molecule has 0 amide bonds. The molecule has 0 fully saturated rings. The minimum absolute atomic E-state index is 1.08. The maximum Gasteiger partial charge on any atom is 0.0547 e. The van der Waals surface area contributed by atoms with Gasteiger partial charge in [-0.2, -0.15) is 0 Å². The maximum absolute atomic E-state index is 4.31. The highest BCUT2D eigenvalue weighted by Crippen LogP contribution is 2.49. The molecule has 0 saturated heterocycles. The number of nitrogens with zero attached hydrogens (tertiary/aromatic N) is 7. The van der Waals surface area contributed by atoms with Crippen LogP contribution in [0.4, 0.5) is 0 Å². The van der Waals surface area contributed by atoms with Gasteiger partial charge >= 0.3 is 0 Å². The topological polar surface area (TPSA) is 34.5 Å². The van der Waals surface area contributed by atoms with E-state index >= 15 is 0 Å². The zero-order chi connectivity index (χ0) is 84.3.